The molecule has 2 aromatic carbocycles. The van der Waals surface area contributed by atoms with E-state index in [9.17, 15) is 9.90 Å². The number of methoxy groups -OCH3 is 1. The van der Waals surface area contributed by atoms with Crippen LogP contribution in [0.2, 0.25) is 10.0 Å². The first kappa shape index (κ1) is 16.6. The fourth-order valence-electron chi connectivity index (χ4n) is 2.01. The van der Waals surface area contributed by atoms with Gasteiger partial charge in [0, 0.05) is 10.7 Å². The van der Waals surface area contributed by atoms with E-state index in [0.717, 1.165) is 0 Å². The average Bonchev–Trinajstić information content (AvgIpc) is 2.46. The van der Waals surface area contributed by atoms with Crippen LogP contribution in [0.15, 0.2) is 36.4 Å². The van der Waals surface area contributed by atoms with Crippen LogP contribution in [0.5, 0.6) is 5.75 Å². The maximum Gasteiger partial charge on any atom is 0.259 e. The van der Waals surface area contributed by atoms with Gasteiger partial charge >= 0.3 is 0 Å². The van der Waals surface area contributed by atoms with Crippen molar-refractivity contribution < 1.29 is 14.6 Å². The summed E-state index contributed by atoms with van der Waals surface area (Å²) < 4.78 is 5.16. The lowest BCUT2D eigenvalue weighted by Gasteiger charge is -2.12. The fraction of sp³-hybridized carbons (Fsp3) is 0.188. The number of aliphatic hydroxyl groups excluding tert-OH is 1. The van der Waals surface area contributed by atoms with Gasteiger partial charge in [-0.05, 0) is 36.8 Å². The number of hydrogen-bond acceptors (Lipinski definition) is 3. The second kappa shape index (κ2) is 7.01. The van der Waals surface area contributed by atoms with Crippen molar-refractivity contribution in [2.24, 2.45) is 0 Å². The van der Waals surface area contributed by atoms with Crippen LogP contribution in [0.4, 0.5) is 5.69 Å². The highest BCUT2D eigenvalue weighted by molar-refractivity contribution is 6.36. The molecule has 6 heteroatoms. The molecule has 0 saturated heterocycles. The third-order valence-corrected chi connectivity index (χ3v) is 3.58. The van der Waals surface area contributed by atoms with Gasteiger partial charge in [-0.15, -0.1) is 0 Å². The Balaban J connectivity index is 2.32. The molecule has 0 saturated carbocycles. The van der Waals surface area contributed by atoms with Gasteiger partial charge in [-0.3, -0.25) is 4.79 Å². The highest BCUT2D eigenvalue weighted by Gasteiger charge is 2.17. The van der Waals surface area contributed by atoms with Crippen LogP contribution in [-0.2, 0) is 0 Å². The second-order valence-corrected chi connectivity index (χ2v) is 5.57. The molecule has 1 atom stereocenters. The lowest BCUT2D eigenvalue weighted by atomic mass is 10.1. The second-order valence-electron chi connectivity index (χ2n) is 4.72. The highest BCUT2D eigenvalue weighted by Crippen LogP contribution is 2.32. The third-order valence-electron chi connectivity index (χ3n) is 3.08. The van der Waals surface area contributed by atoms with Gasteiger partial charge in [-0.2, -0.15) is 0 Å². The molecule has 1 amide bonds. The van der Waals surface area contributed by atoms with E-state index in [0.29, 0.717) is 16.3 Å². The first-order valence-electron chi connectivity index (χ1n) is 6.54. The highest BCUT2D eigenvalue weighted by atomic mass is 35.5. The Bertz CT molecular complexity index is 702. The van der Waals surface area contributed by atoms with Crippen LogP contribution in [0.1, 0.15) is 28.9 Å². The van der Waals surface area contributed by atoms with Gasteiger partial charge < -0.3 is 15.2 Å². The molecule has 0 heterocycles. The lowest BCUT2D eigenvalue weighted by molar-refractivity contribution is 0.102. The van der Waals surface area contributed by atoms with Crippen molar-refractivity contribution in [1.29, 1.82) is 0 Å². The summed E-state index contributed by atoms with van der Waals surface area (Å²) in [7, 11) is 1.43. The van der Waals surface area contributed by atoms with Crippen molar-refractivity contribution in [3.05, 3.63) is 57.6 Å². The predicted octanol–water partition coefficient (Wildman–Crippen LogP) is 4.31. The standard InChI is InChI=1S/C16H15Cl2NO3/c1-9(20)10-4-3-5-12(6-10)19-16(21)13-7-11(17)8-14(18)15(13)22-2/h3-9,20H,1-2H3,(H,19,21). The number of aliphatic hydroxyl groups is 1. The molecule has 0 aliphatic rings. The molecule has 1 unspecified atom stereocenters. The van der Waals surface area contributed by atoms with E-state index < -0.39 is 12.0 Å². The molecule has 2 aromatic rings. The molecular formula is C16H15Cl2NO3. The van der Waals surface area contributed by atoms with E-state index in [4.69, 9.17) is 27.9 Å². The minimum Gasteiger partial charge on any atom is -0.494 e. The molecule has 22 heavy (non-hydrogen) atoms. The molecule has 0 aliphatic heterocycles. The summed E-state index contributed by atoms with van der Waals surface area (Å²) >= 11 is 12.0. The average molecular weight is 340 g/mol. The molecule has 0 aliphatic carbocycles. The van der Waals surface area contributed by atoms with Crippen LogP contribution in [-0.4, -0.2) is 18.1 Å². The zero-order chi connectivity index (χ0) is 16.3. The van der Waals surface area contributed by atoms with Gasteiger partial charge in [0.05, 0.1) is 23.8 Å². The molecule has 4 nitrogen and oxygen atoms in total. The summed E-state index contributed by atoms with van der Waals surface area (Å²) in [4.78, 5) is 12.4. The summed E-state index contributed by atoms with van der Waals surface area (Å²) in [6.45, 7) is 1.65. The number of benzene rings is 2. The summed E-state index contributed by atoms with van der Waals surface area (Å²) in [5, 5.41) is 12.9. The topological polar surface area (TPSA) is 58.6 Å². The monoisotopic (exact) mass is 339 g/mol. The van der Waals surface area contributed by atoms with Crippen LogP contribution in [0.25, 0.3) is 0 Å². The van der Waals surface area contributed by atoms with E-state index in [2.05, 4.69) is 5.32 Å². The fourth-order valence-corrected chi connectivity index (χ4v) is 2.58. The van der Waals surface area contributed by atoms with Crippen molar-refractivity contribution in [2.45, 2.75) is 13.0 Å². The zero-order valence-corrected chi connectivity index (χ0v) is 13.6. The quantitative estimate of drug-likeness (QED) is 0.872. The van der Waals surface area contributed by atoms with E-state index in [1.165, 1.54) is 19.2 Å². The van der Waals surface area contributed by atoms with Gasteiger partial charge in [0.25, 0.3) is 5.91 Å². The van der Waals surface area contributed by atoms with Gasteiger partial charge in [0.1, 0.15) is 5.75 Å². The molecule has 2 rings (SSSR count). The normalized spacial score (nSPS) is 11.9. The van der Waals surface area contributed by atoms with Crippen LogP contribution in [0.3, 0.4) is 0 Å². The van der Waals surface area contributed by atoms with E-state index in [-0.39, 0.29) is 16.3 Å². The molecule has 0 aromatic heterocycles. The molecular weight excluding hydrogens is 325 g/mol. The number of ether oxygens (including phenoxy) is 1. The summed E-state index contributed by atoms with van der Waals surface area (Å²) in [5.41, 5.74) is 1.50. The van der Waals surface area contributed by atoms with Gasteiger partial charge in [0.2, 0.25) is 0 Å². The number of carbonyl (C=O) groups excluding carboxylic acids is 1. The maximum atomic E-state index is 12.4. The van der Waals surface area contributed by atoms with Crippen LogP contribution < -0.4 is 10.1 Å². The summed E-state index contributed by atoms with van der Waals surface area (Å²) in [6, 6.07) is 9.94. The van der Waals surface area contributed by atoms with Crippen molar-refractivity contribution >= 4 is 34.8 Å². The maximum absolute atomic E-state index is 12.4. The van der Waals surface area contributed by atoms with E-state index >= 15 is 0 Å². The molecule has 0 spiro atoms. The smallest absolute Gasteiger partial charge is 0.259 e. The van der Waals surface area contributed by atoms with E-state index in [1.54, 1.807) is 31.2 Å². The predicted molar refractivity (Wildman–Crippen MR) is 88.0 cm³/mol. The Kier molecular flexibility index (Phi) is 5.29. The minimum absolute atomic E-state index is 0.238. The molecule has 0 fully saturated rings. The SMILES string of the molecule is COc1c(Cl)cc(Cl)cc1C(=O)Nc1cccc(C(C)O)c1. The largest absolute Gasteiger partial charge is 0.494 e. The minimum atomic E-state index is -0.619. The third kappa shape index (κ3) is 3.71. The number of nitrogens with one attached hydrogen (secondary N) is 1. The molecule has 116 valence electrons. The van der Waals surface area contributed by atoms with E-state index in [1.807, 2.05) is 0 Å². The number of hydrogen-bond donors (Lipinski definition) is 2. The van der Waals surface area contributed by atoms with Crippen molar-refractivity contribution in [3.8, 4) is 5.75 Å². The van der Waals surface area contributed by atoms with Gasteiger partial charge in [0.15, 0.2) is 0 Å². The Morgan fingerprint density at radius 2 is 2.00 bits per heavy atom. The Morgan fingerprint density at radius 1 is 1.27 bits per heavy atom. The molecule has 0 radical (unpaired) electrons. The van der Waals surface area contributed by atoms with Gasteiger partial charge in [-0.25, -0.2) is 0 Å². The number of anilines is 1. The Hall–Kier alpha value is -1.75. The number of rotatable bonds is 4. The van der Waals surface area contributed by atoms with Gasteiger partial charge in [-0.1, -0.05) is 35.3 Å². The number of halogens is 2. The van der Waals surface area contributed by atoms with Crippen molar-refractivity contribution in [3.63, 3.8) is 0 Å². The Labute approximate surface area is 138 Å². The summed E-state index contributed by atoms with van der Waals surface area (Å²) in [5.74, 6) is -0.140. The zero-order valence-electron chi connectivity index (χ0n) is 12.1. The van der Waals surface area contributed by atoms with Crippen molar-refractivity contribution in [1.82, 2.24) is 0 Å². The first-order chi connectivity index (χ1) is 10.4. The molecule has 0 bridgehead atoms. The number of amides is 1. The van der Waals surface area contributed by atoms with Crippen LogP contribution in [0, 0.1) is 0 Å². The van der Waals surface area contributed by atoms with Crippen molar-refractivity contribution in [2.75, 3.05) is 12.4 Å². The number of carbonyl (C=O) groups is 1. The lowest BCUT2D eigenvalue weighted by Crippen LogP contribution is -2.13. The van der Waals surface area contributed by atoms with Crippen LogP contribution >= 0.6 is 23.2 Å². The molecule has 2 N–H and O–H groups in total. The Morgan fingerprint density at radius 3 is 2.64 bits per heavy atom. The summed E-state index contributed by atoms with van der Waals surface area (Å²) in [6.07, 6.45) is -0.619. The first-order valence-corrected chi connectivity index (χ1v) is 7.30.